The topological polar surface area (TPSA) is 42.2 Å². The molecule has 0 unspecified atom stereocenters. The van der Waals surface area contributed by atoms with Crippen LogP contribution in [-0.4, -0.2) is 9.67 Å². The van der Waals surface area contributed by atoms with Crippen LogP contribution in [0.15, 0.2) is 47.4 Å². The Morgan fingerprint density at radius 3 is 2.50 bits per heavy atom. The van der Waals surface area contributed by atoms with E-state index in [9.17, 15) is 9.90 Å². The van der Waals surface area contributed by atoms with Crippen LogP contribution in [0.25, 0.3) is 0 Å². The molecule has 0 amide bonds. The van der Waals surface area contributed by atoms with Crippen LogP contribution in [0.2, 0.25) is 0 Å². The molecule has 1 heterocycles. The molecule has 96 valence electrons. The van der Waals surface area contributed by atoms with Gasteiger partial charge in [0.25, 0.3) is 0 Å². The fourth-order valence-corrected chi connectivity index (χ4v) is 1.80. The van der Waals surface area contributed by atoms with E-state index in [0.29, 0.717) is 5.69 Å². The van der Waals surface area contributed by atoms with Crippen molar-refractivity contribution in [3.05, 3.63) is 64.1 Å². The van der Waals surface area contributed by atoms with Crippen LogP contribution in [0.1, 0.15) is 11.3 Å². The highest BCUT2D eigenvalue weighted by Crippen LogP contribution is 2.10. The Balaban J connectivity index is 0.00000162. The highest BCUT2D eigenvalue weighted by atomic mass is 35.5. The van der Waals surface area contributed by atoms with E-state index in [-0.39, 0.29) is 23.6 Å². The lowest BCUT2D eigenvalue weighted by Gasteiger charge is -2.11. The molecule has 0 spiro atoms. The van der Waals surface area contributed by atoms with E-state index in [1.165, 1.54) is 11.6 Å². The molecule has 0 atom stereocenters. The fraction of sp³-hybridized carbons (Fsp3) is 0.214. The maximum Gasteiger partial charge on any atom is 0.223 e. The Morgan fingerprint density at radius 1 is 1.17 bits per heavy atom. The lowest BCUT2D eigenvalue weighted by atomic mass is 10.1. The van der Waals surface area contributed by atoms with Crippen molar-refractivity contribution in [2.24, 2.45) is 0 Å². The first-order valence-electron chi connectivity index (χ1n) is 5.61. The average molecular weight is 266 g/mol. The molecular weight excluding hydrogens is 250 g/mol. The molecule has 0 saturated heterocycles. The van der Waals surface area contributed by atoms with E-state index < -0.39 is 0 Å². The van der Waals surface area contributed by atoms with Gasteiger partial charge in [0.05, 0.1) is 5.69 Å². The third kappa shape index (κ3) is 3.14. The third-order valence-corrected chi connectivity index (χ3v) is 2.90. The highest BCUT2D eigenvalue weighted by molar-refractivity contribution is 5.85. The van der Waals surface area contributed by atoms with Gasteiger partial charge in [-0.15, -0.1) is 12.4 Å². The van der Waals surface area contributed by atoms with E-state index in [0.717, 1.165) is 13.0 Å². The van der Waals surface area contributed by atoms with Gasteiger partial charge in [-0.25, -0.2) is 0 Å². The van der Waals surface area contributed by atoms with Gasteiger partial charge >= 0.3 is 0 Å². The standard InChI is InChI=1S/C14H15NO2.ClH/c1-11-14(17)13(16)8-10-15(11)9-7-12-5-3-2-4-6-12;/h2-6,8,10,17H,7,9H2,1H3;1H. The average Bonchev–Trinajstić information content (AvgIpc) is 2.36. The summed E-state index contributed by atoms with van der Waals surface area (Å²) in [6.45, 7) is 2.51. The summed E-state index contributed by atoms with van der Waals surface area (Å²) in [6, 6.07) is 11.5. The second kappa shape index (κ2) is 6.26. The molecule has 1 N–H and O–H groups in total. The molecule has 4 heteroatoms. The largest absolute Gasteiger partial charge is 0.503 e. The Labute approximate surface area is 112 Å². The minimum absolute atomic E-state index is 0. The minimum atomic E-state index is -0.321. The number of benzene rings is 1. The van der Waals surface area contributed by atoms with Crippen LogP contribution in [0.4, 0.5) is 0 Å². The van der Waals surface area contributed by atoms with E-state index in [4.69, 9.17) is 0 Å². The molecule has 0 aliphatic carbocycles. The highest BCUT2D eigenvalue weighted by Gasteiger charge is 2.04. The van der Waals surface area contributed by atoms with Crippen molar-refractivity contribution in [3.8, 4) is 5.75 Å². The summed E-state index contributed by atoms with van der Waals surface area (Å²) in [6.07, 6.45) is 2.60. The molecule has 18 heavy (non-hydrogen) atoms. The maximum atomic E-state index is 11.2. The van der Waals surface area contributed by atoms with E-state index in [1.54, 1.807) is 13.1 Å². The van der Waals surface area contributed by atoms with E-state index in [1.807, 2.05) is 22.8 Å². The molecule has 0 saturated carbocycles. The molecule has 0 aliphatic rings. The first kappa shape index (κ1) is 14.3. The Bertz CT molecular complexity index is 564. The molecule has 2 rings (SSSR count). The molecule has 2 aromatic rings. The quantitative estimate of drug-likeness (QED) is 0.927. The lowest BCUT2D eigenvalue weighted by molar-refractivity contribution is 0.453. The number of rotatable bonds is 3. The van der Waals surface area contributed by atoms with Crippen LogP contribution in [0, 0.1) is 6.92 Å². The third-order valence-electron chi connectivity index (χ3n) is 2.90. The summed E-state index contributed by atoms with van der Waals surface area (Å²) in [5.41, 5.74) is 1.54. The molecule has 1 aromatic carbocycles. The number of aryl methyl sites for hydroxylation is 2. The summed E-state index contributed by atoms with van der Waals surface area (Å²) < 4.78 is 1.89. The van der Waals surface area contributed by atoms with Crippen LogP contribution in [-0.2, 0) is 13.0 Å². The summed E-state index contributed by atoms with van der Waals surface area (Å²) >= 11 is 0. The second-order valence-corrected chi connectivity index (χ2v) is 4.04. The van der Waals surface area contributed by atoms with Crippen LogP contribution < -0.4 is 5.43 Å². The van der Waals surface area contributed by atoms with Crippen molar-refractivity contribution in [3.63, 3.8) is 0 Å². The smallest absolute Gasteiger partial charge is 0.223 e. The predicted octanol–water partition coefficient (Wildman–Crippen LogP) is 2.53. The number of halogens is 1. The monoisotopic (exact) mass is 265 g/mol. The van der Waals surface area contributed by atoms with Crippen molar-refractivity contribution in [2.45, 2.75) is 19.9 Å². The zero-order valence-electron chi connectivity index (χ0n) is 10.2. The molecule has 1 aromatic heterocycles. The van der Waals surface area contributed by atoms with Crippen molar-refractivity contribution in [1.29, 1.82) is 0 Å². The molecule has 0 fully saturated rings. The lowest BCUT2D eigenvalue weighted by Crippen LogP contribution is -2.11. The van der Waals surface area contributed by atoms with Gasteiger partial charge in [0.15, 0.2) is 5.75 Å². The minimum Gasteiger partial charge on any atom is -0.503 e. The number of aromatic nitrogens is 1. The van der Waals surface area contributed by atoms with Crippen molar-refractivity contribution in [2.75, 3.05) is 0 Å². The summed E-state index contributed by atoms with van der Waals surface area (Å²) in [5, 5.41) is 9.55. The number of hydrogen-bond acceptors (Lipinski definition) is 2. The van der Waals surface area contributed by atoms with Crippen molar-refractivity contribution >= 4 is 12.4 Å². The van der Waals surface area contributed by atoms with Crippen LogP contribution in [0.5, 0.6) is 5.75 Å². The van der Waals surface area contributed by atoms with Gasteiger partial charge in [-0.3, -0.25) is 4.79 Å². The maximum absolute atomic E-state index is 11.2. The SMILES string of the molecule is Cc1c(O)c(=O)ccn1CCc1ccccc1.Cl. The van der Waals surface area contributed by atoms with Crippen molar-refractivity contribution < 1.29 is 5.11 Å². The number of aromatic hydroxyl groups is 1. The Hall–Kier alpha value is -1.74. The van der Waals surface area contributed by atoms with Gasteiger partial charge in [-0.1, -0.05) is 30.3 Å². The predicted molar refractivity (Wildman–Crippen MR) is 74.5 cm³/mol. The molecule has 0 bridgehead atoms. The molecular formula is C14H16ClNO2. The van der Waals surface area contributed by atoms with E-state index in [2.05, 4.69) is 12.1 Å². The van der Waals surface area contributed by atoms with E-state index >= 15 is 0 Å². The van der Waals surface area contributed by atoms with Gasteiger partial charge in [0.1, 0.15) is 0 Å². The van der Waals surface area contributed by atoms with Crippen LogP contribution >= 0.6 is 12.4 Å². The first-order valence-corrected chi connectivity index (χ1v) is 5.61. The number of pyridine rings is 1. The van der Waals surface area contributed by atoms with Crippen LogP contribution in [0.3, 0.4) is 0 Å². The molecule has 0 radical (unpaired) electrons. The van der Waals surface area contributed by atoms with Gasteiger partial charge < -0.3 is 9.67 Å². The van der Waals surface area contributed by atoms with Gasteiger partial charge in [0, 0.05) is 18.8 Å². The van der Waals surface area contributed by atoms with Gasteiger partial charge in [0.2, 0.25) is 5.43 Å². The van der Waals surface area contributed by atoms with Gasteiger partial charge in [-0.05, 0) is 18.9 Å². The first-order chi connectivity index (χ1) is 8.18. The Morgan fingerprint density at radius 2 is 1.83 bits per heavy atom. The fourth-order valence-electron chi connectivity index (χ4n) is 1.80. The number of hydrogen-bond donors (Lipinski definition) is 1. The summed E-state index contributed by atoms with van der Waals surface area (Å²) in [4.78, 5) is 11.2. The van der Waals surface area contributed by atoms with Crippen molar-refractivity contribution in [1.82, 2.24) is 4.57 Å². The molecule has 0 aliphatic heterocycles. The summed E-state index contributed by atoms with van der Waals surface area (Å²) in [7, 11) is 0. The zero-order chi connectivity index (χ0) is 12.3. The zero-order valence-corrected chi connectivity index (χ0v) is 11.0. The second-order valence-electron chi connectivity index (χ2n) is 4.04. The Kier molecular flexibility index (Phi) is 4.98. The molecule has 3 nitrogen and oxygen atoms in total. The normalized spacial score (nSPS) is 9.83. The van der Waals surface area contributed by atoms with Gasteiger partial charge in [-0.2, -0.15) is 0 Å². The number of nitrogens with zero attached hydrogens (tertiary/aromatic N) is 1. The summed E-state index contributed by atoms with van der Waals surface area (Å²) in [5.74, 6) is -0.152.